The minimum Gasteiger partial charge on any atom is -0.462 e. The summed E-state index contributed by atoms with van der Waals surface area (Å²) in [6.07, 6.45) is 12.2. The molecule has 0 aromatic heterocycles. The van der Waals surface area contributed by atoms with Crippen LogP contribution in [0.5, 0.6) is 0 Å². The fourth-order valence-corrected chi connectivity index (χ4v) is 3.26. The molecule has 0 saturated heterocycles. The highest BCUT2D eigenvalue weighted by atomic mass is 31.2. The van der Waals surface area contributed by atoms with Gasteiger partial charge in [-0.2, -0.15) is 0 Å². The summed E-state index contributed by atoms with van der Waals surface area (Å²) in [5.74, 6) is -0.918. The fraction of sp³-hybridized carbons (Fsp3) is 0.905. The van der Waals surface area contributed by atoms with E-state index < -0.39 is 32.5 Å². The third-order valence-electron chi connectivity index (χ3n) is 4.63. The van der Waals surface area contributed by atoms with Crippen LogP contribution in [0.4, 0.5) is 0 Å². The zero-order chi connectivity index (χ0) is 22.7. The van der Waals surface area contributed by atoms with Gasteiger partial charge in [0.15, 0.2) is 6.10 Å². The molecule has 0 aromatic carbocycles. The maximum Gasteiger partial charge on any atom is 0.469 e. The summed E-state index contributed by atoms with van der Waals surface area (Å²) in [4.78, 5) is 41.4. The summed E-state index contributed by atoms with van der Waals surface area (Å²) in [7, 11) is -4.71. The number of carbonyl (C=O) groups is 2. The molecule has 0 unspecified atom stereocenters. The van der Waals surface area contributed by atoms with E-state index in [-0.39, 0.29) is 19.4 Å². The van der Waals surface area contributed by atoms with Gasteiger partial charge in [-0.25, -0.2) is 4.57 Å². The van der Waals surface area contributed by atoms with Crippen molar-refractivity contribution in [2.75, 3.05) is 13.2 Å². The van der Waals surface area contributed by atoms with Gasteiger partial charge in [-0.05, 0) is 12.8 Å². The highest BCUT2D eigenvalue weighted by molar-refractivity contribution is 7.46. The first kappa shape index (κ1) is 29.1. The Kier molecular flexibility index (Phi) is 18.2. The van der Waals surface area contributed by atoms with Gasteiger partial charge in [0.05, 0.1) is 6.61 Å². The molecule has 8 nitrogen and oxygen atoms in total. The topological polar surface area (TPSA) is 119 Å². The third-order valence-corrected chi connectivity index (χ3v) is 5.11. The molecule has 0 saturated carbocycles. The lowest BCUT2D eigenvalue weighted by Crippen LogP contribution is -2.29. The Labute approximate surface area is 181 Å². The Morgan fingerprint density at radius 3 is 1.77 bits per heavy atom. The molecule has 0 aliphatic rings. The van der Waals surface area contributed by atoms with Crippen molar-refractivity contribution in [1.82, 2.24) is 0 Å². The molecular formula is C21H41O8P. The van der Waals surface area contributed by atoms with Crippen LogP contribution >= 0.6 is 7.82 Å². The number of phosphoric acid groups is 1. The van der Waals surface area contributed by atoms with Gasteiger partial charge in [-0.1, -0.05) is 78.1 Å². The van der Waals surface area contributed by atoms with Crippen molar-refractivity contribution in [2.45, 2.75) is 110 Å². The quantitative estimate of drug-likeness (QED) is 0.150. The van der Waals surface area contributed by atoms with Crippen LogP contribution in [-0.2, 0) is 28.2 Å². The van der Waals surface area contributed by atoms with Crippen molar-refractivity contribution in [3.8, 4) is 0 Å². The second-order valence-electron chi connectivity index (χ2n) is 7.62. The summed E-state index contributed by atoms with van der Waals surface area (Å²) in [5, 5.41) is 0. The first-order chi connectivity index (χ1) is 14.3. The van der Waals surface area contributed by atoms with Gasteiger partial charge in [0.2, 0.25) is 0 Å². The lowest BCUT2D eigenvalue weighted by atomic mass is 10.1. The highest BCUT2D eigenvalue weighted by Gasteiger charge is 2.22. The van der Waals surface area contributed by atoms with Gasteiger partial charge in [0.1, 0.15) is 6.61 Å². The molecule has 178 valence electrons. The van der Waals surface area contributed by atoms with Crippen LogP contribution in [0.1, 0.15) is 104 Å². The molecule has 30 heavy (non-hydrogen) atoms. The predicted molar refractivity (Wildman–Crippen MR) is 115 cm³/mol. The summed E-state index contributed by atoms with van der Waals surface area (Å²) >= 11 is 0. The van der Waals surface area contributed by atoms with Crippen molar-refractivity contribution in [2.24, 2.45) is 0 Å². The van der Waals surface area contributed by atoms with E-state index in [0.717, 1.165) is 32.1 Å². The van der Waals surface area contributed by atoms with E-state index in [4.69, 9.17) is 19.3 Å². The number of rotatable bonds is 20. The average molecular weight is 453 g/mol. The van der Waals surface area contributed by atoms with Gasteiger partial charge in [-0.3, -0.25) is 14.1 Å². The Bertz CT molecular complexity index is 491. The fourth-order valence-electron chi connectivity index (χ4n) is 2.90. The van der Waals surface area contributed by atoms with Crippen LogP contribution in [-0.4, -0.2) is 41.0 Å². The first-order valence-electron chi connectivity index (χ1n) is 11.3. The first-order valence-corrected chi connectivity index (χ1v) is 12.9. The van der Waals surface area contributed by atoms with Gasteiger partial charge in [-0.15, -0.1) is 0 Å². The van der Waals surface area contributed by atoms with Crippen molar-refractivity contribution in [1.29, 1.82) is 0 Å². The molecule has 0 amide bonds. The minimum atomic E-state index is -4.71. The monoisotopic (exact) mass is 452 g/mol. The maximum atomic E-state index is 11.9. The molecule has 0 aromatic rings. The molecular weight excluding hydrogens is 411 g/mol. The molecule has 2 N–H and O–H groups in total. The van der Waals surface area contributed by atoms with E-state index in [2.05, 4.69) is 11.4 Å². The van der Waals surface area contributed by atoms with E-state index in [9.17, 15) is 14.2 Å². The number of esters is 2. The van der Waals surface area contributed by atoms with Crippen LogP contribution in [0.25, 0.3) is 0 Å². The number of hydrogen-bond donors (Lipinski definition) is 2. The molecule has 0 aliphatic carbocycles. The van der Waals surface area contributed by atoms with Gasteiger partial charge in [0.25, 0.3) is 0 Å². The zero-order valence-corrected chi connectivity index (χ0v) is 19.6. The van der Waals surface area contributed by atoms with Crippen molar-refractivity contribution in [3.63, 3.8) is 0 Å². The number of phosphoric ester groups is 1. The van der Waals surface area contributed by atoms with E-state index in [0.29, 0.717) is 6.42 Å². The Morgan fingerprint density at radius 1 is 0.733 bits per heavy atom. The lowest BCUT2D eigenvalue weighted by Gasteiger charge is -2.18. The van der Waals surface area contributed by atoms with Gasteiger partial charge in [0, 0.05) is 12.8 Å². The smallest absolute Gasteiger partial charge is 0.462 e. The second-order valence-corrected chi connectivity index (χ2v) is 8.86. The summed E-state index contributed by atoms with van der Waals surface area (Å²) in [6.45, 7) is 3.39. The summed E-state index contributed by atoms with van der Waals surface area (Å²) in [6, 6.07) is 0. The van der Waals surface area contributed by atoms with Gasteiger partial charge < -0.3 is 19.3 Å². The maximum absolute atomic E-state index is 11.9. The average Bonchev–Trinajstić information content (AvgIpc) is 2.68. The summed E-state index contributed by atoms with van der Waals surface area (Å²) in [5.41, 5.74) is 0. The largest absolute Gasteiger partial charge is 0.469 e. The highest BCUT2D eigenvalue weighted by Crippen LogP contribution is 2.35. The van der Waals surface area contributed by atoms with Crippen molar-refractivity contribution < 1.29 is 37.9 Å². The SMILES string of the molecule is CCCCCCCCCCCC(=O)OC[C@H](COP(=O)(O)O)OC(=O)CCCCC. The van der Waals surface area contributed by atoms with E-state index in [1.807, 2.05) is 6.92 Å². The number of ether oxygens (including phenoxy) is 2. The summed E-state index contributed by atoms with van der Waals surface area (Å²) < 4.78 is 25.6. The molecule has 0 rings (SSSR count). The standard InChI is InChI=1S/C21H41O8P/c1-3-5-7-8-9-10-11-12-14-15-20(22)27-17-19(18-28-30(24,25)26)29-21(23)16-13-6-4-2/h19H,3-18H2,1-2H3,(H2,24,25,26)/t19-/m1/s1. The second kappa shape index (κ2) is 18.8. The molecule has 0 aliphatic heterocycles. The normalized spacial score (nSPS) is 12.5. The molecule has 9 heteroatoms. The Balaban J connectivity index is 4.08. The van der Waals surface area contributed by atoms with Gasteiger partial charge >= 0.3 is 19.8 Å². The minimum absolute atomic E-state index is 0.201. The molecule has 0 radical (unpaired) electrons. The van der Waals surface area contributed by atoms with Crippen LogP contribution in [0.2, 0.25) is 0 Å². The van der Waals surface area contributed by atoms with E-state index in [1.165, 1.54) is 38.5 Å². The predicted octanol–water partition coefficient (Wildman–Crippen LogP) is 5.05. The van der Waals surface area contributed by atoms with Crippen molar-refractivity contribution in [3.05, 3.63) is 0 Å². The molecule has 0 spiro atoms. The zero-order valence-electron chi connectivity index (χ0n) is 18.7. The molecule has 0 bridgehead atoms. The van der Waals surface area contributed by atoms with Crippen LogP contribution in [0.15, 0.2) is 0 Å². The van der Waals surface area contributed by atoms with Crippen LogP contribution in [0.3, 0.4) is 0 Å². The van der Waals surface area contributed by atoms with Crippen molar-refractivity contribution >= 4 is 19.8 Å². The molecule has 0 fully saturated rings. The molecule has 1 atom stereocenters. The third kappa shape index (κ3) is 20.3. The number of carbonyl (C=O) groups excluding carboxylic acids is 2. The lowest BCUT2D eigenvalue weighted by molar-refractivity contribution is -0.161. The number of hydrogen-bond acceptors (Lipinski definition) is 6. The van der Waals surface area contributed by atoms with E-state index >= 15 is 0 Å². The Morgan fingerprint density at radius 2 is 1.20 bits per heavy atom. The van der Waals surface area contributed by atoms with Crippen LogP contribution in [0, 0.1) is 0 Å². The van der Waals surface area contributed by atoms with E-state index in [1.54, 1.807) is 0 Å². The number of unbranched alkanes of at least 4 members (excludes halogenated alkanes) is 10. The molecule has 0 heterocycles. The Hall–Kier alpha value is -0.950. The van der Waals surface area contributed by atoms with Crippen LogP contribution < -0.4 is 0 Å².